The number of phosphoric ester groups is 1. The lowest BCUT2D eigenvalue weighted by molar-refractivity contribution is -0.142. The number of nitrogens with two attached hydrogens (primary N) is 1. The number of esters is 1. The van der Waals surface area contributed by atoms with Crippen molar-refractivity contribution in [2.75, 3.05) is 13.7 Å². The van der Waals surface area contributed by atoms with E-state index in [1.54, 1.807) is 18.5 Å². The molecular formula is C19H27N6O10P. The number of hydrogen-bond acceptors (Lipinski definition) is 11. The number of aromatic nitrogens is 5. The van der Waals surface area contributed by atoms with Crippen LogP contribution in [0.25, 0.3) is 16.9 Å². The number of phosphoric acid groups is 1. The van der Waals surface area contributed by atoms with Crippen LogP contribution in [0.1, 0.15) is 24.0 Å². The molecule has 36 heavy (non-hydrogen) atoms. The molecule has 0 saturated carbocycles. The SMILES string of the molecule is COC(=O)[C@@H](N)CCc1c(C)nc2n(C)c3c(ncn3[C@@H]3O[C@H](COP(=O)(O)O)[C@@H](O)[C@H]3O)c(=O)n12. The fourth-order valence-corrected chi connectivity index (χ4v) is 4.67. The largest absolute Gasteiger partial charge is 0.469 e. The number of ether oxygens (including phenoxy) is 2. The van der Waals surface area contributed by atoms with Gasteiger partial charge >= 0.3 is 13.8 Å². The summed E-state index contributed by atoms with van der Waals surface area (Å²) in [5.74, 6) is -0.319. The van der Waals surface area contributed by atoms with Crippen molar-refractivity contribution < 1.29 is 43.4 Å². The van der Waals surface area contributed by atoms with Crippen LogP contribution in [0.4, 0.5) is 0 Å². The molecule has 0 bridgehead atoms. The summed E-state index contributed by atoms with van der Waals surface area (Å²) in [6, 6.07) is -0.873. The molecule has 0 aromatic carbocycles. The molecule has 5 atom stereocenters. The van der Waals surface area contributed by atoms with E-state index >= 15 is 0 Å². The molecule has 3 aromatic rings. The highest BCUT2D eigenvalue weighted by atomic mass is 31.2. The van der Waals surface area contributed by atoms with Crippen LogP contribution in [0.15, 0.2) is 11.1 Å². The molecule has 0 radical (unpaired) electrons. The topological polar surface area (TPSA) is 226 Å². The molecule has 6 N–H and O–H groups in total. The number of hydrogen-bond donors (Lipinski definition) is 5. The van der Waals surface area contributed by atoms with Crippen LogP contribution >= 0.6 is 7.82 Å². The lowest BCUT2D eigenvalue weighted by Crippen LogP contribution is -2.33. The van der Waals surface area contributed by atoms with Crippen LogP contribution in [0.2, 0.25) is 0 Å². The fourth-order valence-electron chi connectivity index (χ4n) is 4.33. The van der Waals surface area contributed by atoms with Crippen molar-refractivity contribution in [3.8, 4) is 0 Å². The predicted octanol–water partition coefficient (Wildman–Crippen LogP) is -2.15. The van der Waals surface area contributed by atoms with Gasteiger partial charge in [-0.05, 0) is 19.8 Å². The van der Waals surface area contributed by atoms with Crippen molar-refractivity contribution >= 4 is 30.7 Å². The van der Waals surface area contributed by atoms with E-state index in [4.69, 9.17) is 20.3 Å². The lowest BCUT2D eigenvalue weighted by Gasteiger charge is -2.18. The summed E-state index contributed by atoms with van der Waals surface area (Å²) >= 11 is 0. The smallest absolute Gasteiger partial charge is 0.468 e. The molecule has 0 spiro atoms. The summed E-state index contributed by atoms with van der Waals surface area (Å²) in [6.07, 6.45) is -3.81. The van der Waals surface area contributed by atoms with Crippen LogP contribution in [-0.4, -0.2) is 87.5 Å². The van der Waals surface area contributed by atoms with E-state index in [9.17, 15) is 24.4 Å². The quantitative estimate of drug-likeness (QED) is 0.155. The summed E-state index contributed by atoms with van der Waals surface area (Å²) in [5.41, 5.74) is 6.66. The zero-order valence-electron chi connectivity index (χ0n) is 19.6. The van der Waals surface area contributed by atoms with Gasteiger partial charge in [-0.2, -0.15) is 0 Å². The number of aliphatic hydroxyl groups is 2. The number of rotatable bonds is 8. The third-order valence-corrected chi connectivity index (χ3v) is 6.65. The molecule has 1 fully saturated rings. The second kappa shape index (κ2) is 9.64. The Morgan fingerprint density at radius 3 is 2.67 bits per heavy atom. The Labute approximate surface area is 203 Å². The van der Waals surface area contributed by atoms with Gasteiger partial charge in [-0.1, -0.05) is 0 Å². The van der Waals surface area contributed by atoms with E-state index in [-0.39, 0.29) is 29.8 Å². The zero-order chi connectivity index (χ0) is 26.5. The Kier molecular flexibility index (Phi) is 7.07. The van der Waals surface area contributed by atoms with Gasteiger partial charge in [-0.25, -0.2) is 18.9 Å². The summed E-state index contributed by atoms with van der Waals surface area (Å²) in [4.78, 5) is 51.6. The molecule has 0 amide bonds. The Morgan fingerprint density at radius 2 is 2.03 bits per heavy atom. The van der Waals surface area contributed by atoms with E-state index in [1.165, 1.54) is 22.4 Å². The number of aryl methyl sites for hydroxylation is 3. The highest BCUT2D eigenvalue weighted by Gasteiger charge is 2.45. The van der Waals surface area contributed by atoms with Gasteiger partial charge in [0.1, 0.15) is 24.4 Å². The summed E-state index contributed by atoms with van der Waals surface area (Å²) in [6.45, 7) is 1.04. The number of fused-ring (bicyclic) bond motifs is 2. The molecule has 198 valence electrons. The van der Waals surface area contributed by atoms with Crippen molar-refractivity contribution in [2.24, 2.45) is 12.8 Å². The first-order chi connectivity index (χ1) is 16.9. The summed E-state index contributed by atoms with van der Waals surface area (Å²) in [7, 11) is -1.97. The van der Waals surface area contributed by atoms with Gasteiger partial charge in [-0.15, -0.1) is 0 Å². The Bertz CT molecular complexity index is 1410. The maximum absolute atomic E-state index is 13.4. The maximum atomic E-state index is 13.4. The normalized spacial score (nSPS) is 23.6. The Hall–Kier alpha value is -2.69. The molecule has 1 aliphatic heterocycles. The summed E-state index contributed by atoms with van der Waals surface area (Å²) in [5, 5.41) is 20.9. The number of methoxy groups -OCH3 is 1. The monoisotopic (exact) mass is 530 g/mol. The van der Waals surface area contributed by atoms with Crippen molar-refractivity contribution in [1.29, 1.82) is 0 Å². The van der Waals surface area contributed by atoms with E-state index < -0.39 is 56.5 Å². The first-order valence-corrected chi connectivity index (χ1v) is 12.4. The summed E-state index contributed by atoms with van der Waals surface area (Å²) < 4.78 is 29.9. The molecular weight excluding hydrogens is 503 g/mol. The molecule has 3 aromatic heterocycles. The molecule has 1 aliphatic rings. The van der Waals surface area contributed by atoms with Gasteiger partial charge in [0, 0.05) is 7.05 Å². The van der Waals surface area contributed by atoms with Gasteiger partial charge in [0.2, 0.25) is 5.78 Å². The van der Waals surface area contributed by atoms with Crippen LogP contribution < -0.4 is 11.3 Å². The number of imidazole rings is 2. The van der Waals surface area contributed by atoms with Crippen molar-refractivity contribution in [2.45, 2.75) is 50.3 Å². The number of carbonyl (C=O) groups excluding carboxylic acids is 1. The first-order valence-electron chi connectivity index (χ1n) is 10.8. The lowest BCUT2D eigenvalue weighted by atomic mass is 10.1. The van der Waals surface area contributed by atoms with Crippen molar-refractivity contribution in [1.82, 2.24) is 23.5 Å². The molecule has 0 unspecified atom stereocenters. The minimum atomic E-state index is -4.83. The molecule has 0 aliphatic carbocycles. The van der Waals surface area contributed by atoms with Crippen LogP contribution in [-0.2, 0) is 36.8 Å². The predicted molar refractivity (Wildman–Crippen MR) is 121 cm³/mol. The second-order valence-electron chi connectivity index (χ2n) is 8.47. The maximum Gasteiger partial charge on any atom is 0.469 e. The zero-order valence-corrected chi connectivity index (χ0v) is 20.5. The highest BCUT2D eigenvalue weighted by Crippen LogP contribution is 2.38. The Balaban J connectivity index is 1.73. The third kappa shape index (κ3) is 4.57. The van der Waals surface area contributed by atoms with Gasteiger partial charge < -0.3 is 35.2 Å². The van der Waals surface area contributed by atoms with E-state index in [1.807, 2.05) is 0 Å². The highest BCUT2D eigenvalue weighted by molar-refractivity contribution is 7.46. The molecule has 4 rings (SSSR count). The van der Waals surface area contributed by atoms with Crippen LogP contribution in [0.5, 0.6) is 0 Å². The molecule has 4 heterocycles. The van der Waals surface area contributed by atoms with Gasteiger partial charge in [0.15, 0.2) is 17.4 Å². The molecule has 17 heteroatoms. The third-order valence-electron chi connectivity index (χ3n) is 6.16. The second-order valence-corrected chi connectivity index (χ2v) is 9.71. The van der Waals surface area contributed by atoms with Crippen LogP contribution in [0, 0.1) is 6.92 Å². The van der Waals surface area contributed by atoms with E-state index in [0.29, 0.717) is 11.4 Å². The minimum absolute atomic E-state index is 0.0149. The van der Waals surface area contributed by atoms with Crippen LogP contribution in [0.3, 0.4) is 0 Å². The van der Waals surface area contributed by atoms with Gasteiger partial charge in [-0.3, -0.25) is 23.2 Å². The standard InChI is InChI=1S/C19H27N6O10P/c1-8-10(5-4-9(20)18(29)33-3)25-16(28)12-15(23(2)19(25)22-8)24(7-21-12)17-14(27)13(26)11(35-17)6-34-36(30,31)32/h7,9,11,13-14,17,26-27H,4-6,20H2,1-3H3,(H2,30,31,32)/t9-,11+,13+,14+,17+/m0/s1. The average Bonchev–Trinajstić information content (AvgIpc) is 3.48. The molecule has 1 saturated heterocycles. The van der Waals surface area contributed by atoms with E-state index in [0.717, 1.165) is 0 Å². The van der Waals surface area contributed by atoms with Gasteiger partial charge in [0.05, 0.1) is 31.4 Å². The van der Waals surface area contributed by atoms with Gasteiger partial charge in [0.25, 0.3) is 5.56 Å². The number of aliphatic hydroxyl groups excluding tert-OH is 2. The van der Waals surface area contributed by atoms with Crippen molar-refractivity contribution in [3.05, 3.63) is 28.1 Å². The fraction of sp³-hybridized carbons (Fsp3) is 0.579. The first kappa shape index (κ1) is 26.4. The average molecular weight is 530 g/mol. The van der Waals surface area contributed by atoms with Crippen molar-refractivity contribution in [3.63, 3.8) is 0 Å². The van der Waals surface area contributed by atoms with E-state index in [2.05, 4.69) is 19.2 Å². The number of nitrogens with zero attached hydrogens (tertiary/aromatic N) is 5. The Morgan fingerprint density at radius 1 is 1.33 bits per heavy atom. The number of carbonyl (C=O) groups is 1. The molecule has 16 nitrogen and oxygen atoms in total. The minimum Gasteiger partial charge on any atom is -0.468 e.